The number of ketones is 2. The Kier molecular flexibility index (Phi) is 28.2. The van der Waals surface area contributed by atoms with Crippen molar-refractivity contribution in [3.05, 3.63) is 0 Å². The lowest BCUT2D eigenvalue weighted by Crippen LogP contribution is -2.22. The Hall–Kier alpha value is -2.25. The third-order valence-electron chi connectivity index (χ3n) is 2.80. The van der Waals surface area contributed by atoms with Crippen molar-refractivity contribution in [3.8, 4) is 22.9 Å². The second kappa shape index (κ2) is 23.2. The second-order valence-corrected chi connectivity index (χ2v) is 19.2. The van der Waals surface area contributed by atoms with E-state index in [0.29, 0.717) is 0 Å². The van der Waals surface area contributed by atoms with Gasteiger partial charge in [-0.25, -0.2) is 0 Å². The number of carbonyl (C=O) groups excluding carboxylic acids is 4. The quantitative estimate of drug-likeness (QED) is 0.164. The monoisotopic (exact) mass is 582 g/mol. The largest absolute Gasteiger partial charge is 0.481 e. The van der Waals surface area contributed by atoms with Gasteiger partial charge in [0.15, 0.2) is 0 Å². The highest BCUT2D eigenvalue weighted by Crippen LogP contribution is 2.01. The Morgan fingerprint density at radius 2 is 0.806 bits per heavy atom. The molecule has 0 aliphatic carbocycles. The van der Waals surface area contributed by atoms with Gasteiger partial charge in [-0.15, -0.1) is 11.1 Å². The summed E-state index contributed by atoms with van der Waals surface area (Å²) in [5, 5.41) is 15.4. The van der Waals surface area contributed by atoms with E-state index in [4.69, 9.17) is 33.4 Å². The lowest BCUT2D eigenvalue weighted by Gasteiger charge is -2.08. The number of aliphatic carboxylic acids is 2. The van der Waals surface area contributed by atoms with Crippen LogP contribution in [0.1, 0.15) is 53.4 Å². The number of halogens is 2. The highest BCUT2D eigenvalue weighted by Gasteiger charge is 2.12. The fraction of sp³-hybridized carbons (Fsp3) is 0.583. The van der Waals surface area contributed by atoms with Gasteiger partial charge in [0.05, 0.1) is 12.8 Å². The molecule has 0 aromatic heterocycles. The van der Waals surface area contributed by atoms with Gasteiger partial charge in [-0.3, -0.25) is 28.8 Å². The first-order chi connectivity index (χ1) is 15.2. The first-order valence-electron chi connectivity index (χ1n) is 10.2. The highest BCUT2D eigenvalue weighted by molar-refractivity contribution is 6.89. The van der Waals surface area contributed by atoms with Crippen LogP contribution in [0.15, 0.2) is 0 Å². The van der Waals surface area contributed by atoms with Gasteiger partial charge in [0.25, 0.3) is 0 Å². The lowest BCUT2D eigenvalue weighted by atomic mass is 10.2. The summed E-state index contributed by atoms with van der Waals surface area (Å²) in [7, 11) is -2.19. The number of carbonyl (C=O) groups is 6. The van der Waals surface area contributed by atoms with Gasteiger partial charge < -0.3 is 10.2 Å². The van der Waals surface area contributed by atoms with E-state index in [9.17, 15) is 28.8 Å². The molecule has 0 unspecified atom stereocenters. The van der Waals surface area contributed by atoms with E-state index in [-0.39, 0.29) is 53.4 Å². The van der Waals surface area contributed by atoms with E-state index in [2.05, 4.69) is 50.4 Å². The molecule has 0 bridgehead atoms. The van der Waals surface area contributed by atoms with Crippen molar-refractivity contribution in [1.82, 2.24) is 0 Å². The Balaban J connectivity index is -0.000000139. The third-order valence-corrected chi connectivity index (χ3v) is 5.18. The highest BCUT2D eigenvalue weighted by atomic mass is 35.5. The van der Waals surface area contributed by atoms with Gasteiger partial charge >= 0.3 is 11.9 Å². The topological polar surface area (TPSA) is 143 Å². The molecule has 0 saturated carbocycles. The average molecular weight is 584 g/mol. The zero-order chi connectivity index (χ0) is 27.5. The molecule has 206 valence electrons. The number of hydrogen-bond acceptors (Lipinski definition) is 6. The maximum atomic E-state index is 10.9. The fourth-order valence-corrected chi connectivity index (χ4v) is 4.47. The van der Waals surface area contributed by atoms with Crippen LogP contribution in [0.25, 0.3) is 0 Å². The van der Waals surface area contributed by atoms with E-state index in [0.717, 1.165) is 0 Å². The molecule has 0 amide bonds. The van der Waals surface area contributed by atoms with Gasteiger partial charge in [0.1, 0.15) is 16.1 Å². The Morgan fingerprint density at radius 1 is 0.556 bits per heavy atom. The molecule has 2 N–H and O–H groups in total. The molecule has 0 aromatic carbocycles. The molecule has 12 heteroatoms. The summed E-state index contributed by atoms with van der Waals surface area (Å²) in [5.41, 5.74) is 6.82. The van der Waals surface area contributed by atoms with Crippen molar-refractivity contribution in [2.45, 2.75) is 92.7 Å². The van der Waals surface area contributed by atoms with E-state index >= 15 is 0 Å². The maximum absolute atomic E-state index is 10.9. The molecular formula is C24H40Cl2O8Si2. The van der Waals surface area contributed by atoms with Crippen LogP contribution in [-0.2, 0) is 28.8 Å². The molecular weight excluding hydrogens is 543 g/mol. The molecule has 8 nitrogen and oxygen atoms in total. The van der Waals surface area contributed by atoms with Crippen molar-refractivity contribution in [2.24, 2.45) is 0 Å². The summed E-state index contributed by atoms with van der Waals surface area (Å²) in [6, 6.07) is 0. The van der Waals surface area contributed by atoms with Crippen LogP contribution in [-0.4, -0.2) is 60.4 Å². The predicted octanol–water partition coefficient (Wildman–Crippen LogP) is 5.17. The van der Waals surface area contributed by atoms with Gasteiger partial charge in [-0.05, 0) is 35.0 Å². The van der Waals surface area contributed by atoms with Crippen LogP contribution in [0.2, 0.25) is 39.3 Å². The van der Waals surface area contributed by atoms with E-state index < -0.39 is 50.1 Å². The molecule has 0 aromatic rings. The van der Waals surface area contributed by atoms with Gasteiger partial charge in [-0.1, -0.05) is 54.1 Å². The molecule has 0 saturated heterocycles. The minimum Gasteiger partial charge on any atom is -0.481 e. The van der Waals surface area contributed by atoms with Crippen molar-refractivity contribution in [2.75, 3.05) is 0 Å². The molecule has 0 heterocycles. The minimum atomic E-state index is -1.12. The van der Waals surface area contributed by atoms with Crippen LogP contribution >= 0.6 is 23.2 Å². The fourth-order valence-electron chi connectivity index (χ4n) is 1.28. The first-order valence-corrected chi connectivity index (χ1v) is 17.9. The Morgan fingerprint density at radius 3 is 0.972 bits per heavy atom. The molecule has 0 aliphatic rings. The zero-order valence-corrected chi connectivity index (χ0v) is 23.9. The second-order valence-electron chi connectivity index (χ2n) is 8.84. The Bertz CT molecular complexity index is 799. The van der Waals surface area contributed by atoms with Crippen LogP contribution < -0.4 is 0 Å². The number of carboxylic acids is 2. The average Bonchev–Trinajstić information content (AvgIpc) is 2.66. The minimum absolute atomic E-state index is 0. The number of Topliss-reactive ketones (excluding diaryl/α,β-unsaturated/α-hetero) is 2. The smallest absolute Gasteiger partial charge is 0.303 e. The number of carboxylic acid groups (broad SMARTS) is 2. The zero-order valence-electron chi connectivity index (χ0n) is 20.3. The summed E-state index contributed by atoms with van der Waals surface area (Å²) < 4.78 is 0. The van der Waals surface area contributed by atoms with Crippen LogP contribution in [0.5, 0.6) is 0 Å². The van der Waals surface area contributed by atoms with Crippen LogP contribution in [0, 0.1) is 22.9 Å². The summed E-state index contributed by atoms with van der Waals surface area (Å²) in [6.07, 6.45) is -1.12. The lowest BCUT2D eigenvalue weighted by molar-refractivity contribution is -0.138. The van der Waals surface area contributed by atoms with Gasteiger partial charge in [0, 0.05) is 25.7 Å². The van der Waals surface area contributed by atoms with Crippen molar-refractivity contribution < 1.29 is 39.0 Å². The molecule has 0 rings (SSSR count). The predicted molar refractivity (Wildman–Crippen MR) is 150 cm³/mol. The van der Waals surface area contributed by atoms with Gasteiger partial charge in [-0.2, -0.15) is 0 Å². The SMILES string of the molecule is C.C.C[Si](C)(C)C#C[Si](C)(C)C.O=C(Cl)CCC(=O)Cl.O=C(O)CCC(=O)C#CC(=O)CCC(=O)O. The molecule has 36 heavy (non-hydrogen) atoms. The standard InChI is InChI=1S/C10H10O6.C8H18Si2.C4H4Cl2O2.2CH4/c11-7(3-5-9(13)14)1-2-8(12)4-6-10(15)16;1-9(2,3)7-8-10(4,5)6;5-3(7)1-2-4(6)8;;/h3-6H2,(H,13,14)(H,15,16);1-6H3;1-2H2;2*1H4. The van der Waals surface area contributed by atoms with E-state index in [1.165, 1.54) is 0 Å². The molecule has 0 radical (unpaired) electrons. The summed E-state index contributed by atoms with van der Waals surface area (Å²) in [6.45, 7) is 13.8. The Labute approximate surface area is 227 Å². The van der Waals surface area contributed by atoms with Gasteiger partial charge in [0.2, 0.25) is 22.1 Å². The summed E-state index contributed by atoms with van der Waals surface area (Å²) in [5.74, 6) is 0.403. The molecule has 0 spiro atoms. The van der Waals surface area contributed by atoms with Crippen molar-refractivity contribution >= 4 is 73.3 Å². The third kappa shape index (κ3) is 49.0. The number of hydrogen-bond donors (Lipinski definition) is 2. The van der Waals surface area contributed by atoms with Crippen molar-refractivity contribution in [1.29, 1.82) is 0 Å². The van der Waals surface area contributed by atoms with Crippen LogP contribution in [0.3, 0.4) is 0 Å². The molecule has 0 fully saturated rings. The number of rotatable bonds is 9. The normalized spacial score (nSPS) is 9.22. The van der Waals surface area contributed by atoms with E-state index in [1.54, 1.807) is 0 Å². The van der Waals surface area contributed by atoms with Crippen molar-refractivity contribution in [3.63, 3.8) is 0 Å². The maximum Gasteiger partial charge on any atom is 0.303 e. The summed E-state index contributed by atoms with van der Waals surface area (Å²) in [4.78, 5) is 61.7. The molecule has 0 atom stereocenters. The summed E-state index contributed by atoms with van der Waals surface area (Å²) >= 11 is 9.74. The van der Waals surface area contributed by atoms with E-state index in [1.807, 2.05) is 11.8 Å². The van der Waals surface area contributed by atoms with Crippen LogP contribution in [0.4, 0.5) is 0 Å². The molecule has 0 aliphatic heterocycles. The first kappa shape index (κ1) is 43.8.